The van der Waals surface area contributed by atoms with Crippen LogP contribution < -0.4 is 10.6 Å². The fourth-order valence-corrected chi connectivity index (χ4v) is 2.47. The lowest BCUT2D eigenvalue weighted by molar-refractivity contribution is -0.115. The van der Waals surface area contributed by atoms with Crippen LogP contribution in [-0.2, 0) is 4.79 Å². The number of furan rings is 1. The molecule has 0 aliphatic heterocycles. The number of nitrogens with zero attached hydrogens (tertiary/aromatic N) is 1. The Labute approximate surface area is 140 Å². The third-order valence-electron chi connectivity index (χ3n) is 2.52. The van der Waals surface area contributed by atoms with Crippen LogP contribution in [0.1, 0.15) is 17.5 Å². The second-order valence-electron chi connectivity index (χ2n) is 4.15. The SMILES string of the molecule is CCSc1ccc(NC(=O)CNC(=O)c2ccc(Br)o2)cn1. The topological polar surface area (TPSA) is 84.2 Å². The average molecular weight is 384 g/mol. The molecule has 0 radical (unpaired) electrons. The quantitative estimate of drug-likeness (QED) is 0.749. The molecule has 6 nitrogen and oxygen atoms in total. The molecule has 0 saturated carbocycles. The minimum Gasteiger partial charge on any atom is -0.444 e. The number of rotatable bonds is 6. The highest BCUT2D eigenvalue weighted by atomic mass is 79.9. The van der Waals surface area contributed by atoms with Gasteiger partial charge in [-0.1, -0.05) is 6.92 Å². The molecule has 22 heavy (non-hydrogen) atoms. The van der Waals surface area contributed by atoms with Gasteiger partial charge in [-0.2, -0.15) is 0 Å². The molecule has 2 heterocycles. The molecule has 2 N–H and O–H groups in total. The fourth-order valence-electron chi connectivity index (χ4n) is 1.58. The molecule has 2 aromatic heterocycles. The van der Waals surface area contributed by atoms with E-state index in [-0.39, 0.29) is 18.2 Å². The van der Waals surface area contributed by atoms with Gasteiger partial charge < -0.3 is 15.1 Å². The maximum atomic E-state index is 11.8. The number of nitrogens with one attached hydrogen (secondary N) is 2. The molecular weight excluding hydrogens is 370 g/mol. The largest absolute Gasteiger partial charge is 0.444 e. The first-order valence-corrected chi connectivity index (χ1v) is 8.28. The summed E-state index contributed by atoms with van der Waals surface area (Å²) in [4.78, 5) is 27.7. The first-order chi connectivity index (χ1) is 10.6. The van der Waals surface area contributed by atoms with Crippen molar-refractivity contribution in [3.05, 3.63) is 40.9 Å². The normalized spacial score (nSPS) is 10.3. The Balaban J connectivity index is 1.81. The fraction of sp³-hybridized carbons (Fsp3) is 0.214. The van der Waals surface area contributed by atoms with Gasteiger partial charge in [0.15, 0.2) is 10.4 Å². The number of pyridine rings is 1. The van der Waals surface area contributed by atoms with Crippen LogP contribution in [0.25, 0.3) is 0 Å². The molecule has 2 aromatic rings. The van der Waals surface area contributed by atoms with Gasteiger partial charge in [-0.05, 0) is 45.9 Å². The lowest BCUT2D eigenvalue weighted by Crippen LogP contribution is -2.32. The zero-order valence-electron chi connectivity index (χ0n) is 11.8. The minimum atomic E-state index is -0.450. The summed E-state index contributed by atoms with van der Waals surface area (Å²) in [5.74, 6) is 0.292. The molecule has 8 heteroatoms. The Morgan fingerprint density at radius 2 is 2.14 bits per heavy atom. The third-order valence-corrected chi connectivity index (χ3v) is 3.77. The molecule has 116 valence electrons. The molecule has 0 unspecified atom stereocenters. The second kappa shape index (κ2) is 8.00. The molecule has 2 amide bonds. The van der Waals surface area contributed by atoms with Crippen LogP contribution in [0.15, 0.2) is 44.6 Å². The molecule has 0 aliphatic carbocycles. The lowest BCUT2D eigenvalue weighted by atomic mass is 10.4. The van der Waals surface area contributed by atoms with Crippen LogP contribution in [0.5, 0.6) is 0 Å². The highest BCUT2D eigenvalue weighted by molar-refractivity contribution is 9.10. The summed E-state index contributed by atoms with van der Waals surface area (Å²) < 4.78 is 5.55. The number of anilines is 1. The van der Waals surface area contributed by atoms with Crippen molar-refractivity contribution in [2.75, 3.05) is 17.6 Å². The van der Waals surface area contributed by atoms with E-state index in [4.69, 9.17) is 4.42 Å². The molecule has 0 fully saturated rings. The number of carbonyl (C=O) groups is 2. The summed E-state index contributed by atoms with van der Waals surface area (Å²) in [6.07, 6.45) is 1.58. The maximum absolute atomic E-state index is 11.8. The maximum Gasteiger partial charge on any atom is 0.287 e. The minimum absolute atomic E-state index is 0.141. The molecule has 0 aliphatic rings. The zero-order valence-corrected chi connectivity index (χ0v) is 14.2. The van der Waals surface area contributed by atoms with Gasteiger partial charge in [0.1, 0.15) is 0 Å². The molecule has 0 bridgehead atoms. The summed E-state index contributed by atoms with van der Waals surface area (Å²) in [5, 5.41) is 6.03. The Bertz CT molecular complexity index is 658. The Morgan fingerprint density at radius 1 is 1.32 bits per heavy atom. The van der Waals surface area contributed by atoms with Crippen molar-refractivity contribution in [3.8, 4) is 0 Å². The monoisotopic (exact) mass is 383 g/mol. The molecule has 0 atom stereocenters. The first-order valence-electron chi connectivity index (χ1n) is 6.50. The van der Waals surface area contributed by atoms with E-state index in [0.29, 0.717) is 10.4 Å². The lowest BCUT2D eigenvalue weighted by Gasteiger charge is -2.06. The van der Waals surface area contributed by atoms with Crippen LogP contribution in [0.2, 0.25) is 0 Å². The Hall–Kier alpha value is -1.80. The summed E-state index contributed by atoms with van der Waals surface area (Å²) >= 11 is 4.73. The average Bonchev–Trinajstić information content (AvgIpc) is 2.94. The van der Waals surface area contributed by atoms with Gasteiger partial charge >= 0.3 is 0 Å². The van der Waals surface area contributed by atoms with Gasteiger partial charge in [0.05, 0.1) is 23.5 Å². The van der Waals surface area contributed by atoms with Gasteiger partial charge in [0, 0.05) is 0 Å². The number of aromatic nitrogens is 1. The van der Waals surface area contributed by atoms with Gasteiger partial charge in [-0.25, -0.2) is 4.98 Å². The van der Waals surface area contributed by atoms with E-state index in [9.17, 15) is 9.59 Å². The van der Waals surface area contributed by atoms with E-state index < -0.39 is 5.91 Å². The number of hydrogen-bond donors (Lipinski definition) is 2. The molecule has 2 rings (SSSR count). The van der Waals surface area contributed by atoms with E-state index in [1.54, 1.807) is 30.1 Å². The smallest absolute Gasteiger partial charge is 0.287 e. The summed E-state index contributed by atoms with van der Waals surface area (Å²) in [5.41, 5.74) is 0.584. The zero-order chi connectivity index (χ0) is 15.9. The van der Waals surface area contributed by atoms with E-state index >= 15 is 0 Å². The van der Waals surface area contributed by atoms with E-state index in [1.807, 2.05) is 13.0 Å². The third kappa shape index (κ3) is 4.88. The van der Waals surface area contributed by atoms with Crippen molar-refractivity contribution in [2.45, 2.75) is 11.9 Å². The summed E-state index contributed by atoms with van der Waals surface area (Å²) in [7, 11) is 0. The van der Waals surface area contributed by atoms with Gasteiger partial charge in [-0.15, -0.1) is 11.8 Å². The predicted molar refractivity (Wildman–Crippen MR) is 88.0 cm³/mol. The highest BCUT2D eigenvalue weighted by Crippen LogP contribution is 2.16. The number of thioether (sulfide) groups is 1. The van der Waals surface area contributed by atoms with Gasteiger partial charge in [-0.3, -0.25) is 9.59 Å². The molecule has 0 aromatic carbocycles. The van der Waals surface area contributed by atoms with Crippen molar-refractivity contribution in [2.24, 2.45) is 0 Å². The number of carbonyl (C=O) groups excluding carboxylic acids is 2. The van der Waals surface area contributed by atoms with Gasteiger partial charge in [0.25, 0.3) is 5.91 Å². The second-order valence-corrected chi connectivity index (χ2v) is 6.22. The van der Waals surface area contributed by atoms with Crippen LogP contribution in [0.4, 0.5) is 5.69 Å². The van der Waals surface area contributed by atoms with Crippen molar-refractivity contribution >= 4 is 45.2 Å². The number of hydrogen-bond acceptors (Lipinski definition) is 5. The predicted octanol–water partition coefficient (Wildman–Crippen LogP) is 2.92. The first kappa shape index (κ1) is 16.6. The number of amides is 2. The Morgan fingerprint density at radius 3 is 2.73 bits per heavy atom. The van der Waals surface area contributed by atoms with E-state index in [2.05, 4.69) is 31.5 Å². The number of halogens is 1. The van der Waals surface area contributed by atoms with Crippen LogP contribution in [0.3, 0.4) is 0 Å². The highest BCUT2D eigenvalue weighted by Gasteiger charge is 2.12. The van der Waals surface area contributed by atoms with Crippen molar-refractivity contribution in [1.29, 1.82) is 0 Å². The molecular formula is C14H14BrN3O3S. The summed E-state index contributed by atoms with van der Waals surface area (Å²) in [6, 6.07) is 6.74. The van der Waals surface area contributed by atoms with Crippen LogP contribution >= 0.6 is 27.7 Å². The van der Waals surface area contributed by atoms with E-state index in [0.717, 1.165) is 10.8 Å². The standard InChI is InChI=1S/C14H14BrN3O3S/c1-2-22-13-6-3-9(7-16-13)18-12(19)8-17-14(20)10-4-5-11(15)21-10/h3-7H,2,8H2,1H3,(H,17,20)(H,18,19). The molecule has 0 saturated heterocycles. The van der Waals surface area contributed by atoms with Crippen molar-refractivity contribution in [3.63, 3.8) is 0 Å². The summed E-state index contributed by atoms with van der Waals surface area (Å²) in [6.45, 7) is 1.89. The molecule has 0 spiro atoms. The van der Waals surface area contributed by atoms with Crippen molar-refractivity contribution < 1.29 is 14.0 Å². The van der Waals surface area contributed by atoms with Crippen molar-refractivity contribution in [1.82, 2.24) is 10.3 Å². The van der Waals surface area contributed by atoms with Crippen LogP contribution in [0, 0.1) is 0 Å². The van der Waals surface area contributed by atoms with E-state index in [1.165, 1.54) is 6.07 Å². The Kier molecular flexibility index (Phi) is 6.02. The van der Waals surface area contributed by atoms with Gasteiger partial charge in [0.2, 0.25) is 5.91 Å². The van der Waals surface area contributed by atoms with Crippen LogP contribution in [-0.4, -0.2) is 29.1 Å².